The van der Waals surface area contributed by atoms with E-state index in [-0.39, 0.29) is 5.91 Å². The quantitative estimate of drug-likeness (QED) is 0.749. The number of amides is 1. The van der Waals surface area contributed by atoms with Crippen molar-refractivity contribution in [2.24, 2.45) is 0 Å². The number of halogens is 1. The molecule has 3 rings (SSSR count). The number of carbonyl (C=O) groups excluding carboxylic acids is 1. The van der Waals surface area contributed by atoms with Crippen LogP contribution >= 0.6 is 11.6 Å². The van der Waals surface area contributed by atoms with Crippen molar-refractivity contribution in [3.8, 4) is 17.1 Å². The maximum absolute atomic E-state index is 12.3. The molecule has 128 valence electrons. The number of aromatic nitrogens is 2. The number of benzene rings is 2. The van der Waals surface area contributed by atoms with Crippen LogP contribution in [0.3, 0.4) is 0 Å². The van der Waals surface area contributed by atoms with Gasteiger partial charge in [-0.15, -0.1) is 0 Å². The van der Waals surface area contributed by atoms with E-state index < -0.39 is 6.04 Å². The molecule has 0 saturated heterocycles. The van der Waals surface area contributed by atoms with Crippen molar-refractivity contribution in [2.75, 3.05) is 7.11 Å². The summed E-state index contributed by atoms with van der Waals surface area (Å²) >= 11 is 5.91. The molecule has 1 atom stereocenters. The summed E-state index contributed by atoms with van der Waals surface area (Å²) in [5.74, 6) is 1.25. The van der Waals surface area contributed by atoms with Gasteiger partial charge in [0.2, 0.25) is 11.7 Å². The van der Waals surface area contributed by atoms with Gasteiger partial charge in [-0.1, -0.05) is 22.8 Å². The van der Waals surface area contributed by atoms with Gasteiger partial charge in [-0.25, -0.2) is 0 Å². The summed E-state index contributed by atoms with van der Waals surface area (Å²) < 4.78 is 10.4. The van der Waals surface area contributed by atoms with E-state index >= 15 is 0 Å². The van der Waals surface area contributed by atoms with Crippen molar-refractivity contribution in [2.45, 2.75) is 13.0 Å². The van der Waals surface area contributed by atoms with E-state index in [1.54, 1.807) is 38.3 Å². The van der Waals surface area contributed by atoms with Crippen LogP contribution in [0.25, 0.3) is 11.4 Å². The van der Waals surface area contributed by atoms with Crippen molar-refractivity contribution in [3.63, 3.8) is 0 Å². The average molecular weight is 358 g/mol. The zero-order valence-electron chi connectivity index (χ0n) is 13.7. The molecular weight excluding hydrogens is 342 g/mol. The fraction of sp³-hybridized carbons (Fsp3) is 0.167. The van der Waals surface area contributed by atoms with Gasteiger partial charge >= 0.3 is 0 Å². The minimum Gasteiger partial charge on any atom is -0.497 e. The van der Waals surface area contributed by atoms with E-state index in [0.29, 0.717) is 22.3 Å². The number of ether oxygens (including phenoxy) is 1. The highest BCUT2D eigenvalue weighted by molar-refractivity contribution is 6.30. The van der Waals surface area contributed by atoms with Gasteiger partial charge in [0.25, 0.3) is 5.91 Å². The van der Waals surface area contributed by atoms with Gasteiger partial charge in [0, 0.05) is 16.1 Å². The fourth-order valence-corrected chi connectivity index (χ4v) is 2.43. The van der Waals surface area contributed by atoms with Crippen molar-refractivity contribution < 1.29 is 14.1 Å². The summed E-state index contributed by atoms with van der Waals surface area (Å²) in [5, 5.41) is 7.27. The van der Waals surface area contributed by atoms with Crippen molar-refractivity contribution in [1.82, 2.24) is 15.5 Å². The van der Waals surface area contributed by atoms with Crippen LogP contribution in [0.5, 0.6) is 5.75 Å². The first-order valence-corrected chi connectivity index (χ1v) is 7.99. The lowest BCUT2D eigenvalue weighted by molar-refractivity contribution is 0.0932. The third-order valence-electron chi connectivity index (χ3n) is 3.59. The minimum atomic E-state index is -0.439. The van der Waals surface area contributed by atoms with E-state index in [0.717, 1.165) is 11.3 Å². The molecular formula is C18H16ClN3O3. The van der Waals surface area contributed by atoms with Crippen molar-refractivity contribution in [1.29, 1.82) is 0 Å². The van der Waals surface area contributed by atoms with Gasteiger partial charge in [0.1, 0.15) is 11.8 Å². The molecule has 1 unspecified atom stereocenters. The number of nitrogens with one attached hydrogen (secondary N) is 1. The number of nitrogens with zero attached hydrogens (tertiary/aromatic N) is 2. The highest BCUT2D eigenvalue weighted by Crippen LogP contribution is 2.21. The van der Waals surface area contributed by atoms with Gasteiger partial charge in [-0.3, -0.25) is 4.79 Å². The molecule has 2 aromatic carbocycles. The number of carbonyl (C=O) groups is 1. The molecule has 0 radical (unpaired) electrons. The Morgan fingerprint density at radius 3 is 2.68 bits per heavy atom. The molecule has 0 aliphatic heterocycles. The molecule has 1 amide bonds. The Morgan fingerprint density at radius 1 is 1.24 bits per heavy atom. The Labute approximate surface area is 149 Å². The van der Waals surface area contributed by atoms with Gasteiger partial charge in [-0.2, -0.15) is 4.98 Å². The summed E-state index contributed by atoms with van der Waals surface area (Å²) in [6, 6.07) is 13.6. The van der Waals surface area contributed by atoms with Crippen molar-refractivity contribution >= 4 is 17.5 Å². The van der Waals surface area contributed by atoms with Gasteiger partial charge < -0.3 is 14.6 Å². The Morgan fingerprint density at radius 2 is 2.00 bits per heavy atom. The summed E-state index contributed by atoms with van der Waals surface area (Å²) in [6.45, 7) is 1.77. The first-order chi connectivity index (χ1) is 12.1. The van der Waals surface area contributed by atoms with Gasteiger partial charge in [0.05, 0.1) is 7.11 Å². The molecule has 3 aromatic rings. The van der Waals surface area contributed by atoms with E-state index in [9.17, 15) is 4.79 Å². The molecule has 6 nitrogen and oxygen atoms in total. The molecule has 0 fully saturated rings. The lowest BCUT2D eigenvalue weighted by atomic mass is 10.2. The predicted octanol–water partition coefficient (Wildman–Crippen LogP) is 3.89. The molecule has 0 aliphatic rings. The number of hydrogen-bond acceptors (Lipinski definition) is 5. The maximum atomic E-state index is 12.3. The van der Waals surface area contributed by atoms with E-state index in [4.69, 9.17) is 20.9 Å². The lowest BCUT2D eigenvalue weighted by Gasteiger charge is -2.09. The SMILES string of the molecule is COc1ccc(-c2noc(C(C)NC(=O)c3cccc(Cl)c3)n2)cc1. The number of rotatable bonds is 5. The predicted molar refractivity (Wildman–Crippen MR) is 93.6 cm³/mol. The average Bonchev–Trinajstić information content (AvgIpc) is 3.12. The van der Waals surface area contributed by atoms with Crippen molar-refractivity contribution in [3.05, 3.63) is 65.0 Å². The monoisotopic (exact) mass is 357 g/mol. The first-order valence-electron chi connectivity index (χ1n) is 7.61. The van der Waals surface area contributed by atoms with Crippen LogP contribution in [0, 0.1) is 0 Å². The third-order valence-corrected chi connectivity index (χ3v) is 3.83. The standard InChI is InChI=1S/C18H16ClN3O3/c1-11(20-17(23)13-4-3-5-14(19)10-13)18-21-16(22-25-18)12-6-8-15(24-2)9-7-12/h3-11H,1-2H3,(H,20,23). The summed E-state index contributed by atoms with van der Waals surface area (Å²) in [4.78, 5) is 16.6. The summed E-state index contributed by atoms with van der Waals surface area (Å²) in [6.07, 6.45) is 0. The van der Waals surface area contributed by atoms with Gasteiger partial charge in [0.15, 0.2) is 0 Å². The Balaban J connectivity index is 1.71. The topological polar surface area (TPSA) is 77.3 Å². The van der Waals surface area contributed by atoms with Crippen LogP contribution in [0.4, 0.5) is 0 Å². The first kappa shape index (κ1) is 17.0. The molecule has 25 heavy (non-hydrogen) atoms. The normalized spacial score (nSPS) is 11.8. The zero-order valence-corrected chi connectivity index (χ0v) is 14.4. The number of hydrogen-bond donors (Lipinski definition) is 1. The largest absolute Gasteiger partial charge is 0.497 e. The molecule has 0 spiro atoms. The molecule has 1 heterocycles. The number of methoxy groups -OCH3 is 1. The summed E-state index contributed by atoms with van der Waals surface area (Å²) in [7, 11) is 1.60. The van der Waals surface area contributed by atoms with Crippen LogP contribution in [0.2, 0.25) is 5.02 Å². The van der Waals surface area contributed by atoms with Crippen LogP contribution in [-0.4, -0.2) is 23.2 Å². The molecule has 1 aromatic heterocycles. The minimum absolute atomic E-state index is 0.265. The second-order valence-electron chi connectivity index (χ2n) is 5.39. The van der Waals surface area contributed by atoms with Crippen LogP contribution in [0.1, 0.15) is 29.2 Å². The highest BCUT2D eigenvalue weighted by atomic mass is 35.5. The Hall–Kier alpha value is -2.86. The molecule has 1 N–H and O–H groups in total. The molecule has 0 bridgehead atoms. The fourth-order valence-electron chi connectivity index (χ4n) is 2.24. The smallest absolute Gasteiger partial charge is 0.251 e. The van der Waals surface area contributed by atoms with Crippen LogP contribution < -0.4 is 10.1 Å². The highest BCUT2D eigenvalue weighted by Gasteiger charge is 2.18. The van der Waals surface area contributed by atoms with Crippen LogP contribution in [-0.2, 0) is 0 Å². The third kappa shape index (κ3) is 3.97. The molecule has 0 saturated carbocycles. The molecule has 0 aliphatic carbocycles. The van der Waals surface area contributed by atoms with E-state index in [1.807, 2.05) is 24.3 Å². The van der Waals surface area contributed by atoms with Crippen LogP contribution in [0.15, 0.2) is 53.1 Å². The second-order valence-corrected chi connectivity index (χ2v) is 5.83. The summed E-state index contributed by atoms with van der Waals surface area (Å²) in [5.41, 5.74) is 1.26. The van der Waals surface area contributed by atoms with Gasteiger partial charge in [-0.05, 0) is 49.4 Å². The lowest BCUT2D eigenvalue weighted by Crippen LogP contribution is -2.26. The molecule has 7 heteroatoms. The van der Waals surface area contributed by atoms with E-state index in [1.165, 1.54) is 0 Å². The Kier molecular flexibility index (Phi) is 5.00. The zero-order chi connectivity index (χ0) is 17.8. The Bertz CT molecular complexity index is 877. The van der Waals surface area contributed by atoms with E-state index in [2.05, 4.69) is 15.5 Å². The maximum Gasteiger partial charge on any atom is 0.251 e. The second kappa shape index (κ2) is 7.36.